The number of fused-ring (bicyclic) bond motifs is 5. The summed E-state index contributed by atoms with van der Waals surface area (Å²) in [4.78, 5) is 0. The first-order chi connectivity index (χ1) is 15.8. The third-order valence-corrected chi connectivity index (χ3v) is 12.3. The summed E-state index contributed by atoms with van der Waals surface area (Å²) in [7, 11) is 0. The van der Waals surface area contributed by atoms with E-state index in [0.717, 1.165) is 47.6 Å². The average molecular weight is 455 g/mol. The molecule has 188 valence electrons. The topological polar surface area (TPSA) is 24.1 Å². The smallest absolute Gasteiger partial charge is 0.00938 e. The number of hydrogen-bond acceptors (Lipinski definition) is 2. The summed E-state index contributed by atoms with van der Waals surface area (Å²) < 4.78 is 0. The van der Waals surface area contributed by atoms with Gasteiger partial charge in [-0.15, -0.1) is 6.58 Å². The van der Waals surface area contributed by atoms with Crippen molar-refractivity contribution in [3.63, 3.8) is 0 Å². The second-order valence-electron chi connectivity index (χ2n) is 14.0. The van der Waals surface area contributed by atoms with E-state index in [0.29, 0.717) is 10.8 Å². The number of allylic oxidation sites excluding steroid dienone is 1. The van der Waals surface area contributed by atoms with Crippen LogP contribution in [-0.2, 0) is 0 Å². The van der Waals surface area contributed by atoms with Crippen molar-refractivity contribution in [2.45, 2.75) is 123 Å². The zero-order valence-corrected chi connectivity index (χ0v) is 22.4. The molecule has 2 N–H and O–H groups in total. The van der Waals surface area contributed by atoms with Crippen LogP contribution in [0.25, 0.3) is 0 Å². The Hall–Kier alpha value is -0.340. The maximum absolute atomic E-state index is 4.18. The van der Waals surface area contributed by atoms with Gasteiger partial charge in [0.25, 0.3) is 0 Å². The third-order valence-electron chi connectivity index (χ3n) is 12.3. The lowest BCUT2D eigenvalue weighted by Gasteiger charge is -2.61. The van der Waals surface area contributed by atoms with Crippen molar-refractivity contribution in [1.29, 1.82) is 0 Å². The Bertz CT molecular complexity index is 695. The fourth-order valence-corrected chi connectivity index (χ4v) is 10.4. The van der Waals surface area contributed by atoms with E-state index in [-0.39, 0.29) is 0 Å². The normalized spacial score (nSPS) is 46.8. The molecule has 9 unspecified atom stereocenters. The Morgan fingerprint density at radius 3 is 2.39 bits per heavy atom. The van der Waals surface area contributed by atoms with Gasteiger partial charge in [-0.05, 0) is 150 Å². The highest BCUT2D eigenvalue weighted by Crippen LogP contribution is 2.68. The number of hydrogen-bond donors (Lipinski definition) is 2. The first kappa shape index (κ1) is 24.4. The summed E-state index contributed by atoms with van der Waals surface area (Å²) in [5, 5.41) is 7.65. The van der Waals surface area contributed by atoms with E-state index in [1.165, 1.54) is 102 Å². The average Bonchev–Trinajstić information content (AvgIpc) is 3.16. The van der Waals surface area contributed by atoms with Gasteiger partial charge in [-0.3, -0.25) is 0 Å². The van der Waals surface area contributed by atoms with Gasteiger partial charge in [0.15, 0.2) is 0 Å². The maximum atomic E-state index is 4.18. The predicted octanol–water partition coefficient (Wildman–Crippen LogP) is 7.35. The molecular weight excluding hydrogens is 400 g/mol. The molecule has 4 saturated carbocycles. The summed E-state index contributed by atoms with van der Waals surface area (Å²) in [6.07, 6.45) is 18.8. The van der Waals surface area contributed by atoms with E-state index < -0.39 is 0 Å². The molecule has 5 rings (SSSR count). The van der Waals surface area contributed by atoms with Crippen molar-refractivity contribution in [3.05, 3.63) is 12.2 Å². The van der Waals surface area contributed by atoms with Gasteiger partial charge >= 0.3 is 0 Å². The highest BCUT2D eigenvalue weighted by molar-refractivity contribution is 5.10. The van der Waals surface area contributed by atoms with Crippen molar-refractivity contribution in [2.75, 3.05) is 13.1 Å². The highest BCUT2D eigenvalue weighted by atomic mass is 15.0. The first-order valence-corrected chi connectivity index (χ1v) is 14.9. The van der Waals surface area contributed by atoms with Gasteiger partial charge in [-0.2, -0.15) is 0 Å². The molecule has 0 radical (unpaired) electrons. The monoisotopic (exact) mass is 454 g/mol. The van der Waals surface area contributed by atoms with Crippen molar-refractivity contribution in [2.24, 2.45) is 46.3 Å². The Kier molecular flexibility index (Phi) is 7.09. The zero-order valence-electron chi connectivity index (χ0n) is 22.4. The Morgan fingerprint density at radius 1 is 0.909 bits per heavy atom. The fraction of sp³-hybridized carbons (Fsp3) is 0.935. The number of piperidine rings is 1. The van der Waals surface area contributed by atoms with E-state index in [4.69, 9.17) is 0 Å². The first-order valence-electron chi connectivity index (χ1n) is 14.9. The molecule has 0 bridgehead atoms. The third kappa shape index (κ3) is 4.50. The van der Waals surface area contributed by atoms with Crippen molar-refractivity contribution in [3.8, 4) is 0 Å². The highest BCUT2D eigenvalue weighted by Gasteiger charge is 2.60. The van der Waals surface area contributed by atoms with Crippen LogP contribution in [0.15, 0.2) is 12.2 Å². The van der Waals surface area contributed by atoms with Crippen LogP contribution >= 0.6 is 0 Å². The van der Waals surface area contributed by atoms with Crippen molar-refractivity contribution in [1.82, 2.24) is 10.6 Å². The molecule has 1 aliphatic heterocycles. The number of rotatable bonds is 6. The minimum atomic E-state index is 0.618. The molecular formula is C31H54N2. The summed E-state index contributed by atoms with van der Waals surface area (Å²) in [5.41, 5.74) is 2.62. The van der Waals surface area contributed by atoms with Crippen LogP contribution in [0.5, 0.6) is 0 Å². The molecule has 0 spiro atoms. The zero-order chi connectivity index (χ0) is 23.2. The van der Waals surface area contributed by atoms with Gasteiger partial charge in [0.2, 0.25) is 0 Å². The van der Waals surface area contributed by atoms with E-state index in [1.807, 2.05) is 0 Å². The molecule has 0 aromatic heterocycles. The molecule has 1 saturated heterocycles. The lowest BCUT2D eigenvalue weighted by atomic mass is 9.44. The molecule has 0 amide bonds. The molecule has 33 heavy (non-hydrogen) atoms. The van der Waals surface area contributed by atoms with Gasteiger partial charge in [0, 0.05) is 12.1 Å². The Balaban J connectivity index is 1.24. The van der Waals surface area contributed by atoms with Crippen LogP contribution in [0.4, 0.5) is 0 Å². The Morgan fingerprint density at radius 2 is 1.64 bits per heavy atom. The molecule has 5 fully saturated rings. The molecule has 4 aliphatic carbocycles. The summed E-state index contributed by atoms with van der Waals surface area (Å²) in [5.74, 6) is 5.85. The van der Waals surface area contributed by atoms with Crippen LogP contribution in [0.3, 0.4) is 0 Å². The van der Waals surface area contributed by atoms with Crippen LogP contribution < -0.4 is 10.6 Å². The van der Waals surface area contributed by atoms with E-state index in [9.17, 15) is 0 Å². The van der Waals surface area contributed by atoms with Gasteiger partial charge < -0.3 is 10.6 Å². The maximum Gasteiger partial charge on any atom is 0.00938 e. The van der Waals surface area contributed by atoms with Gasteiger partial charge in [0.1, 0.15) is 0 Å². The van der Waals surface area contributed by atoms with E-state index in [2.05, 4.69) is 44.9 Å². The van der Waals surface area contributed by atoms with Crippen molar-refractivity contribution >= 4 is 0 Å². The number of nitrogens with one attached hydrogen (secondary N) is 2. The molecule has 9 atom stereocenters. The lowest BCUT2D eigenvalue weighted by Crippen LogP contribution is -2.56. The summed E-state index contributed by atoms with van der Waals surface area (Å²) >= 11 is 0. The molecule has 5 aliphatic rings. The summed E-state index contributed by atoms with van der Waals surface area (Å²) in [6.45, 7) is 16.9. The SMILES string of the molecule is C=C(C)CCC(C)C1CCC2C3CCC4CC(NC5CCNCC5)CCC4(C)C3CCC12C. The van der Waals surface area contributed by atoms with E-state index >= 15 is 0 Å². The largest absolute Gasteiger partial charge is 0.317 e. The van der Waals surface area contributed by atoms with Crippen LogP contribution in [-0.4, -0.2) is 25.2 Å². The fourth-order valence-electron chi connectivity index (χ4n) is 10.4. The summed E-state index contributed by atoms with van der Waals surface area (Å²) in [6, 6.07) is 1.57. The van der Waals surface area contributed by atoms with Gasteiger partial charge in [-0.25, -0.2) is 0 Å². The van der Waals surface area contributed by atoms with Crippen molar-refractivity contribution < 1.29 is 0 Å². The van der Waals surface area contributed by atoms with Crippen LogP contribution in [0.1, 0.15) is 111 Å². The Labute approximate surface area is 205 Å². The molecule has 0 aromatic carbocycles. The van der Waals surface area contributed by atoms with Crippen LogP contribution in [0, 0.1) is 46.3 Å². The van der Waals surface area contributed by atoms with E-state index in [1.54, 1.807) is 0 Å². The molecule has 2 nitrogen and oxygen atoms in total. The predicted molar refractivity (Wildman–Crippen MR) is 141 cm³/mol. The second-order valence-corrected chi connectivity index (χ2v) is 14.0. The minimum Gasteiger partial charge on any atom is -0.317 e. The standard InChI is InChI=1S/C31H54N2/c1-21(2)6-7-22(3)27-10-11-28-26-9-8-23-20-25(33-24-14-18-32-19-15-24)12-16-30(23,4)29(26)13-17-31(27,28)5/h22-29,32-33H,1,6-20H2,2-5H3. The van der Waals surface area contributed by atoms with Crippen LogP contribution in [0.2, 0.25) is 0 Å². The molecule has 2 heteroatoms. The lowest BCUT2D eigenvalue weighted by molar-refractivity contribution is -0.118. The molecule has 0 aromatic rings. The van der Waals surface area contributed by atoms with Gasteiger partial charge in [0.05, 0.1) is 0 Å². The van der Waals surface area contributed by atoms with Gasteiger partial charge in [-0.1, -0.05) is 26.3 Å². The quantitative estimate of drug-likeness (QED) is 0.410. The molecule has 1 heterocycles. The second kappa shape index (κ2) is 9.61. The minimum absolute atomic E-state index is 0.618.